The van der Waals surface area contributed by atoms with Crippen LogP contribution in [0.25, 0.3) is 34.2 Å². The zero-order chi connectivity index (χ0) is 24.5. The lowest BCUT2D eigenvalue weighted by Crippen LogP contribution is -2.03. The number of pyridine rings is 1. The summed E-state index contributed by atoms with van der Waals surface area (Å²) in [4.78, 5) is 4.29. The Morgan fingerprint density at radius 1 is 0.824 bits per heavy atom. The predicted octanol–water partition coefficient (Wildman–Crippen LogP) is 7.71. The Morgan fingerprint density at radius 2 is 1.50 bits per heavy atom. The molecule has 1 aromatic heterocycles. The highest BCUT2D eigenvalue weighted by atomic mass is 19.4. The van der Waals surface area contributed by atoms with E-state index in [1.807, 2.05) is 43.3 Å². The monoisotopic (exact) mass is 467 g/mol. The van der Waals surface area contributed by atoms with Crippen LogP contribution in [0.5, 0.6) is 0 Å². The fourth-order valence-electron chi connectivity index (χ4n) is 3.35. The van der Waals surface area contributed by atoms with Gasteiger partial charge >= 0.3 is 6.18 Å². The number of benzene rings is 3. The van der Waals surface area contributed by atoms with E-state index in [0.717, 1.165) is 34.7 Å². The smallest absolute Gasteiger partial charge is 0.256 e. The largest absolute Gasteiger partial charge is 0.458 e. The van der Waals surface area contributed by atoms with Gasteiger partial charge in [0.2, 0.25) is 0 Å². The molecule has 0 N–H and O–H groups in total. The minimum atomic E-state index is -4.94. The molecule has 0 atom stereocenters. The highest BCUT2D eigenvalue weighted by molar-refractivity contribution is 5.89. The van der Waals surface area contributed by atoms with Gasteiger partial charge in [-0.15, -0.1) is 0 Å². The molecule has 0 saturated heterocycles. The van der Waals surface area contributed by atoms with E-state index in [1.165, 1.54) is 12.0 Å². The van der Waals surface area contributed by atoms with E-state index in [0.29, 0.717) is 5.69 Å². The fourth-order valence-corrected chi connectivity index (χ4v) is 3.35. The Labute approximate surface area is 191 Å². The van der Waals surface area contributed by atoms with Crippen LogP contribution >= 0.6 is 0 Å². The van der Waals surface area contributed by atoms with Gasteiger partial charge in [0.05, 0.1) is 16.6 Å². The molecule has 4 aromatic rings. The molecule has 0 radical (unpaired) electrons. The van der Waals surface area contributed by atoms with E-state index in [-0.39, 0.29) is 10.9 Å². The first kappa shape index (κ1) is 23.1. The molecule has 7 heteroatoms. The molecule has 0 aliphatic heterocycles. The van der Waals surface area contributed by atoms with Crippen LogP contribution in [-0.2, 0) is 0 Å². The van der Waals surface area contributed by atoms with Gasteiger partial charge in [0.25, 0.3) is 0 Å². The first-order chi connectivity index (χ1) is 16.1. The standard InChI is InChI=1S/C27H15F6N/c1-16-2-4-17(5-3-16)6-7-18-8-9-24(34-15-18)19-12-20-14-22(28)21(10-11-27(31,32)33)26(30)25(20)23(29)13-19/h2-9,12-15H,1H3/b7-6+. The van der Waals surface area contributed by atoms with Crippen molar-refractivity contribution in [3.8, 4) is 23.1 Å². The molecule has 0 aliphatic carbocycles. The third-order valence-corrected chi connectivity index (χ3v) is 5.04. The number of hydrogen-bond acceptors (Lipinski definition) is 1. The third-order valence-electron chi connectivity index (χ3n) is 5.04. The van der Waals surface area contributed by atoms with Gasteiger partial charge in [-0.25, -0.2) is 13.2 Å². The second kappa shape index (κ2) is 9.06. The summed E-state index contributed by atoms with van der Waals surface area (Å²) in [7, 11) is 0. The van der Waals surface area contributed by atoms with Crippen LogP contribution in [0.1, 0.15) is 22.3 Å². The number of nitrogens with zero attached hydrogens (tertiary/aromatic N) is 1. The molecule has 34 heavy (non-hydrogen) atoms. The van der Waals surface area contributed by atoms with E-state index in [1.54, 1.807) is 18.3 Å². The summed E-state index contributed by atoms with van der Waals surface area (Å²) in [5.74, 6) is -1.66. The van der Waals surface area contributed by atoms with Gasteiger partial charge in [-0.1, -0.05) is 54.0 Å². The molecule has 1 heterocycles. The summed E-state index contributed by atoms with van der Waals surface area (Å²) < 4.78 is 80.6. The van der Waals surface area contributed by atoms with Crippen LogP contribution in [0.4, 0.5) is 26.3 Å². The molecule has 1 nitrogen and oxygen atoms in total. The lowest BCUT2D eigenvalue weighted by Gasteiger charge is -2.09. The second-order valence-electron chi connectivity index (χ2n) is 7.57. The lowest BCUT2D eigenvalue weighted by molar-refractivity contribution is -0.0696. The SMILES string of the molecule is Cc1ccc(/C=C/c2ccc(-c3cc(F)c4c(F)c(C#CC(F)(F)F)c(F)cc4c3)nc2)cc1. The summed E-state index contributed by atoms with van der Waals surface area (Å²) >= 11 is 0. The van der Waals surface area contributed by atoms with E-state index in [2.05, 4.69) is 4.98 Å². The number of aryl methyl sites for hydroxylation is 1. The number of aromatic nitrogens is 1. The molecular weight excluding hydrogens is 452 g/mol. The number of halogens is 6. The quantitative estimate of drug-likeness (QED) is 0.222. The molecule has 3 aromatic carbocycles. The van der Waals surface area contributed by atoms with Crippen LogP contribution in [0.2, 0.25) is 0 Å². The van der Waals surface area contributed by atoms with Gasteiger partial charge in [-0.2, -0.15) is 13.2 Å². The molecular formula is C27H15F6N. The van der Waals surface area contributed by atoms with Crippen molar-refractivity contribution in [2.24, 2.45) is 0 Å². The van der Waals surface area contributed by atoms with Gasteiger partial charge in [-0.05, 0) is 47.7 Å². The molecule has 0 fully saturated rings. The van der Waals surface area contributed by atoms with Crippen molar-refractivity contribution < 1.29 is 26.3 Å². The number of alkyl halides is 3. The Bertz CT molecular complexity index is 1450. The van der Waals surface area contributed by atoms with E-state index < -0.39 is 34.6 Å². The Balaban J connectivity index is 1.67. The summed E-state index contributed by atoms with van der Waals surface area (Å²) in [5.41, 5.74) is 2.42. The van der Waals surface area contributed by atoms with E-state index in [4.69, 9.17) is 0 Å². The maximum atomic E-state index is 14.7. The normalized spacial score (nSPS) is 11.6. The van der Waals surface area contributed by atoms with Crippen LogP contribution in [0, 0.1) is 36.2 Å². The maximum Gasteiger partial charge on any atom is 0.458 e. The summed E-state index contributed by atoms with van der Waals surface area (Å²) in [6, 6.07) is 14.4. The van der Waals surface area contributed by atoms with Gasteiger partial charge < -0.3 is 0 Å². The van der Waals surface area contributed by atoms with E-state index in [9.17, 15) is 26.3 Å². The first-order valence-electron chi connectivity index (χ1n) is 10.0. The molecule has 170 valence electrons. The third kappa shape index (κ3) is 5.12. The Hall–Kier alpha value is -4.05. The zero-order valence-electron chi connectivity index (χ0n) is 17.6. The van der Waals surface area contributed by atoms with Crippen LogP contribution in [0.15, 0.2) is 60.8 Å². The van der Waals surface area contributed by atoms with Gasteiger partial charge in [0, 0.05) is 17.7 Å². The minimum Gasteiger partial charge on any atom is -0.256 e. The van der Waals surface area contributed by atoms with Crippen molar-refractivity contribution in [1.82, 2.24) is 4.98 Å². The Kier molecular flexibility index (Phi) is 6.16. The molecule has 0 amide bonds. The number of fused-ring (bicyclic) bond motifs is 1. The second-order valence-corrected chi connectivity index (χ2v) is 7.57. The van der Waals surface area contributed by atoms with Crippen LogP contribution in [0.3, 0.4) is 0 Å². The molecule has 0 aliphatic rings. The van der Waals surface area contributed by atoms with Crippen molar-refractivity contribution in [2.45, 2.75) is 13.1 Å². The molecule has 0 bridgehead atoms. The average molecular weight is 467 g/mol. The summed E-state index contributed by atoms with van der Waals surface area (Å²) in [6.07, 6.45) is 0.399. The van der Waals surface area contributed by atoms with E-state index >= 15 is 0 Å². The number of hydrogen-bond donors (Lipinski definition) is 0. The van der Waals surface area contributed by atoms with Crippen molar-refractivity contribution in [3.63, 3.8) is 0 Å². The first-order valence-corrected chi connectivity index (χ1v) is 10.0. The van der Waals surface area contributed by atoms with Crippen molar-refractivity contribution in [3.05, 3.63) is 100 Å². The van der Waals surface area contributed by atoms with Crippen molar-refractivity contribution in [1.29, 1.82) is 0 Å². The number of rotatable bonds is 3. The van der Waals surface area contributed by atoms with Crippen molar-refractivity contribution in [2.75, 3.05) is 0 Å². The highest BCUT2D eigenvalue weighted by Gasteiger charge is 2.24. The summed E-state index contributed by atoms with van der Waals surface area (Å²) in [5, 5.41) is -0.804. The highest BCUT2D eigenvalue weighted by Crippen LogP contribution is 2.31. The minimum absolute atomic E-state index is 0.160. The molecule has 0 saturated carbocycles. The lowest BCUT2D eigenvalue weighted by atomic mass is 10.0. The van der Waals surface area contributed by atoms with Crippen LogP contribution in [-0.4, -0.2) is 11.2 Å². The molecule has 0 spiro atoms. The van der Waals surface area contributed by atoms with Crippen molar-refractivity contribution >= 4 is 22.9 Å². The van der Waals surface area contributed by atoms with Gasteiger partial charge in [0.15, 0.2) is 5.82 Å². The van der Waals surface area contributed by atoms with Gasteiger partial charge in [0.1, 0.15) is 11.6 Å². The van der Waals surface area contributed by atoms with Gasteiger partial charge in [-0.3, -0.25) is 4.98 Å². The zero-order valence-corrected chi connectivity index (χ0v) is 17.6. The van der Waals surface area contributed by atoms with Crippen LogP contribution < -0.4 is 0 Å². The summed E-state index contributed by atoms with van der Waals surface area (Å²) in [6.45, 7) is 2.00. The molecule has 0 unspecified atom stereocenters. The Morgan fingerprint density at radius 3 is 2.15 bits per heavy atom. The molecule has 4 rings (SSSR count). The fraction of sp³-hybridized carbons (Fsp3) is 0.0741. The maximum absolute atomic E-state index is 14.7. The average Bonchev–Trinajstić information content (AvgIpc) is 2.77. The predicted molar refractivity (Wildman–Crippen MR) is 120 cm³/mol. The topological polar surface area (TPSA) is 12.9 Å².